The van der Waals surface area contributed by atoms with Gasteiger partial charge in [0.2, 0.25) is 0 Å². The van der Waals surface area contributed by atoms with E-state index in [-0.39, 0.29) is 17.2 Å². The minimum Gasteiger partial charge on any atom is -0.505 e. The average molecular weight is 446 g/mol. The van der Waals surface area contributed by atoms with Gasteiger partial charge in [-0.2, -0.15) is 0 Å². The lowest BCUT2D eigenvalue weighted by atomic mass is 9.99. The van der Waals surface area contributed by atoms with Gasteiger partial charge in [-0.25, -0.2) is 0 Å². The Hall–Kier alpha value is -3.54. The predicted molar refractivity (Wildman–Crippen MR) is 132 cm³/mol. The molecule has 33 heavy (non-hydrogen) atoms. The Bertz CT molecular complexity index is 1160. The molecule has 2 heterocycles. The van der Waals surface area contributed by atoms with Crippen LogP contribution in [0.5, 0.6) is 5.75 Å². The van der Waals surface area contributed by atoms with E-state index in [1.807, 2.05) is 60.5 Å². The van der Waals surface area contributed by atoms with Crippen LogP contribution in [0.2, 0.25) is 0 Å². The number of H-pyrrole nitrogens is 1. The van der Waals surface area contributed by atoms with Crippen molar-refractivity contribution >= 4 is 17.3 Å². The van der Waals surface area contributed by atoms with Crippen molar-refractivity contribution in [2.24, 2.45) is 0 Å². The number of amides is 1. The summed E-state index contributed by atoms with van der Waals surface area (Å²) in [6.45, 7) is 3.16. The van der Waals surface area contributed by atoms with Gasteiger partial charge in [0.15, 0.2) is 5.75 Å². The van der Waals surface area contributed by atoms with Crippen molar-refractivity contribution in [2.75, 3.05) is 25.0 Å². The molecule has 6 nitrogen and oxygen atoms in total. The minimum absolute atomic E-state index is 0.179. The van der Waals surface area contributed by atoms with Gasteiger partial charge in [-0.3, -0.25) is 9.59 Å². The number of anilines is 2. The summed E-state index contributed by atoms with van der Waals surface area (Å²) in [6.07, 6.45) is 3.26. The number of pyridine rings is 1. The number of aryl methyl sites for hydroxylation is 1. The second-order valence-corrected chi connectivity index (χ2v) is 8.65. The molecule has 0 spiro atoms. The van der Waals surface area contributed by atoms with E-state index >= 15 is 0 Å². The number of unbranched alkanes of at least 4 members (excludes halogenated alkanes) is 1. The van der Waals surface area contributed by atoms with E-state index in [2.05, 4.69) is 24.0 Å². The second-order valence-electron chi connectivity index (χ2n) is 8.65. The van der Waals surface area contributed by atoms with E-state index in [1.165, 1.54) is 5.56 Å². The van der Waals surface area contributed by atoms with E-state index in [1.54, 1.807) is 4.90 Å². The number of hydrogen-bond donors (Lipinski definition) is 2. The molecule has 3 aromatic rings. The number of nitrogens with one attached hydrogen (secondary N) is 1. The highest BCUT2D eigenvalue weighted by Gasteiger charge is 2.33. The summed E-state index contributed by atoms with van der Waals surface area (Å²) in [6, 6.07) is 19.7. The van der Waals surface area contributed by atoms with Gasteiger partial charge in [0, 0.05) is 37.4 Å². The van der Waals surface area contributed by atoms with Gasteiger partial charge in [0.1, 0.15) is 11.3 Å². The molecule has 1 aliphatic rings. The van der Waals surface area contributed by atoms with Crippen molar-refractivity contribution in [1.82, 2.24) is 9.88 Å². The number of hydrogen-bond acceptors (Lipinski definition) is 4. The summed E-state index contributed by atoms with van der Waals surface area (Å²) >= 11 is 0. The number of carbonyl (C=O) groups excluding carboxylic acids is 1. The van der Waals surface area contributed by atoms with Gasteiger partial charge >= 0.3 is 0 Å². The van der Waals surface area contributed by atoms with Crippen molar-refractivity contribution < 1.29 is 9.90 Å². The van der Waals surface area contributed by atoms with Crippen molar-refractivity contribution in [2.45, 2.75) is 38.5 Å². The summed E-state index contributed by atoms with van der Waals surface area (Å²) in [7, 11) is 1.84. The normalized spacial score (nSPS) is 15.6. The highest BCUT2D eigenvalue weighted by atomic mass is 16.3. The predicted octanol–water partition coefficient (Wildman–Crippen LogP) is 4.82. The Kier molecular flexibility index (Phi) is 6.82. The summed E-state index contributed by atoms with van der Waals surface area (Å²) in [5, 5.41) is 11.3. The van der Waals surface area contributed by atoms with Crippen molar-refractivity contribution in [3.8, 4) is 5.75 Å². The van der Waals surface area contributed by atoms with Crippen LogP contribution in [0.4, 0.5) is 11.4 Å². The molecule has 0 aliphatic carbocycles. The van der Waals surface area contributed by atoms with E-state index in [4.69, 9.17) is 0 Å². The quantitative estimate of drug-likeness (QED) is 0.547. The molecule has 1 aromatic heterocycles. The van der Waals surface area contributed by atoms with Gasteiger partial charge in [0.05, 0.1) is 0 Å². The number of likely N-dealkylation sites (tertiary alicyclic amines) is 1. The summed E-state index contributed by atoms with van der Waals surface area (Å²) in [5.74, 6) is -0.437. The molecule has 172 valence electrons. The molecule has 0 saturated carbocycles. The van der Waals surface area contributed by atoms with Crippen LogP contribution < -0.4 is 10.5 Å². The van der Waals surface area contributed by atoms with Crippen LogP contribution in [0.15, 0.2) is 65.5 Å². The summed E-state index contributed by atoms with van der Waals surface area (Å²) in [5.41, 5.74) is 2.47. The molecule has 1 saturated heterocycles. The summed E-state index contributed by atoms with van der Waals surface area (Å²) in [4.78, 5) is 32.9. The van der Waals surface area contributed by atoms with Crippen LogP contribution in [0, 0.1) is 0 Å². The SMILES string of the molecule is CCCCc1[nH]c(=O)c(C(=O)N2CC[C@@H](c3ccccc3)C2)c(O)c1N(C)c1ccccc1. The highest BCUT2D eigenvalue weighted by molar-refractivity contribution is 5.99. The molecular weight excluding hydrogens is 414 g/mol. The van der Waals surface area contributed by atoms with E-state index < -0.39 is 11.5 Å². The monoisotopic (exact) mass is 445 g/mol. The van der Waals surface area contributed by atoms with Gasteiger partial charge in [0.25, 0.3) is 11.5 Å². The van der Waals surface area contributed by atoms with E-state index in [0.29, 0.717) is 30.9 Å². The zero-order chi connectivity index (χ0) is 23.4. The lowest BCUT2D eigenvalue weighted by molar-refractivity contribution is 0.0786. The number of para-hydroxylation sites is 1. The Labute approximate surface area is 194 Å². The molecule has 0 unspecified atom stereocenters. The van der Waals surface area contributed by atoms with Crippen LogP contribution in [0.25, 0.3) is 0 Å². The second kappa shape index (κ2) is 9.94. The molecule has 2 aromatic carbocycles. The molecule has 4 rings (SSSR count). The van der Waals surface area contributed by atoms with Crippen molar-refractivity contribution in [3.63, 3.8) is 0 Å². The highest BCUT2D eigenvalue weighted by Crippen LogP contribution is 2.37. The molecule has 1 fully saturated rings. The number of nitrogens with zero attached hydrogens (tertiary/aromatic N) is 2. The maximum absolute atomic E-state index is 13.4. The Balaban J connectivity index is 1.70. The van der Waals surface area contributed by atoms with Crippen LogP contribution in [0.1, 0.15) is 53.7 Å². The molecule has 1 aliphatic heterocycles. The summed E-state index contributed by atoms with van der Waals surface area (Å²) < 4.78 is 0. The average Bonchev–Trinajstić information content (AvgIpc) is 3.34. The maximum Gasteiger partial charge on any atom is 0.264 e. The number of aromatic amines is 1. The topological polar surface area (TPSA) is 76.6 Å². The largest absolute Gasteiger partial charge is 0.505 e. The molecular formula is C27H31N3O3. The molecule has 1 amide bonds. The van der Waals surface area contributed by atoms with Gasteiger partial charge in [-0.05, 0) is 37.0 Å². The number of benzene rings is 2. The molecule has 0 radical (unpaired) electrons. The van der Waals surface area contributed by atoms with Crippen molar-refractivity contribution in [1.29, 1.82) is 0 Å². The molecule has 0 bridgehead atoms. The first-order valence-electron chi connectivity index (χ1n) is 11.6. The number of aromatic nitrogens is 1. The first-order valence-corrected chi connectivity index (χ1v) is 11.6. The Morgan fingerprint density at radius 2 is 1.79 bits per heavy atom. The van der Waals surface area contributed by atoms with Crippen LogP contribution in [0.3, 0.4) is 0 Å². The molecule has 1 atom stereocenters. The third-order valence-electron chi connectivity index (χ3n) is 6.46. The first kappa shape index (κ1) is 22.6. The maximum atomic E-state index is 13.4. The van der Waals surface area contributed by atoms with Gasteiger partial charge < -0.3 is 19.9 Å². The fourth-order valence-corrected chi connectivity index (χ4v) is 4.60. The fraction of sp³-hybridized carbons (Fsp3) is 0.333. The minimum atomic E-state index is -0.531. The van der Waals surface area contributed by atoms with E-state index in [0.717, 1.165) is 24.9 Å². The van der Waals surface area contributed by atoms with Gasteiger partial charge in [-0.1, -0.05) is 61.9 Å². The van der Waals surface area contributed by atoms with Crippen LogP contribution in [-0.2, 0) is 6.42 Å². The number of aromatic hydroxyl groups is 1. The third kappa shape index (κ3) is 4.65. The molecule has 6 heteroatoms. The first-order chi connectivity index (χ1) is 16.0. The van der Waals surface area contributed by atoms with Crippen LogP contribution >= 0.6 is 0 Å². The lowest BCUT2D eigenvalue weighted by Crippen LogP contribution is -2.34. The standard InChI is InChI=1S/C27H31N3O3/c1-3-4-15-22-24(29(2)21-13-9-6-10-14-21)25(31)23(26(32)28-22)27(33)30-17-16-20(18-30)19-11-7-5-8-12-19/h5-14,20H,3-4,15-18H2,1-2H3,(H2,28,31,32)/t20-/m1/s1. The zero-order valence-corrected chi connectivity index (χ0v) is 19.3. The van der Waals surface area contributed by atoms with Gasteiger partial charge in [-0.15, -0.1) is 0 Å². The van der Waals surface area contributed by atoms with Crippen molar-refractivity contribution in [3.05, 3.63) is 87.8 Å². The van der Waals surface area contributed by atoms with Crippen LogP contribution in [-0.4, -0.2) is 41.0 Å². The lowest BCUT2D eigenvalue weighted by Gasteiger charge is -2.25. The third-order valence-corrected chi connectivity index (χ3v) is 6.46. The number of carbonyl (C=O) groups is 1. The van der Waals surface area contributed by atoms with E-state index in [9.17, 15) is 14.7 Å². The Morgan fingerprint density at radius 1 is 1.12 bits per heavy atom. The number of rotatable bonds is 7. The fourth-order valence-electron chi connectivity index (χ4n) is 4.60. The molecule has 2 N–H and O–H groups in total. The Morgan fingerprint density at radius 3 is 2.45 bits per heavy atom. The zero-order valence-electron chi connectivity index (χ0n) is 19.3. The smallest absolute Gasteiger partial charge is 0.264 e.